The number of amides is 2. The van der Waals surface area contributed by atoms with Gasteiger partial charge in [-0.15, -0.1) is 0 Å². The Hall–Kier alpha value is -3.16. The van der Waals surface area contributed by atoms with Crippen LogP contribution < -0.4 is 10.6 Å². The summed E-state index contributed by atoms with van der Waals surface area (Å²) in [5.41, 5.74) is 4.71. The van der Waals surface area contributed by atoms with Crippen LogP contribution in [0.2, 0.25) is 0 Å². The van der Waals surface area contributed by atoms with Gasteiger partial charge in [-0.3, -0.25) is 14.5 Å². The molecular weight excluding hydrogens is 428 g/mol. The van der Waals surface area contributed by atoms with Crippen LogP contribution in [0.25, 0.3) is 10.9 Å². The van der Waals surface area contributed by atoms with Crippen LogP contribution in [0.5, 0.6) is 0 Å². The first-order chi connectivity index (χ1) is 16.6. The van der Waals surface area contributed by atoms with Gasteiger partial charge in [0.15, 0.2) is 0 Å². The molecule has 7 heteroatoms. The average Bonchev–Trinajstić information content (AvgIpc) is 3.63. The van der Waals surface area contributed by atoms with E-state index in [-0.39, 0.29) is 17.7 Å². The Balaban J connectivity index is 1.38. The second kappa shape index (κ2) is 9.99. The van der Waals surface area contributed by atoms with E-state index in [1.165, 1.54) is 5.56 Å². The first-order valence-corrected chi connectivity index (χ1v) is 12.1. The number of morpholine rings is 1. The van der Waals surface area contributed by atoms with Crippen LogP contribution in [-0.4, -0.2) is 60.7 Å². The minimum atomic E-state index is -0.0827. The predicted octanol–water partition coefficient (Wildman–Crippen LogP) is 3.41. The molecular formula is C27H32N4O3. The molecule has 0 unspecified atom stereocenters. The number of nitrogens with zero attached hydrogens (tertiary/aromatic N) is 2. The number of hydrogen-bond acceptors (Lipinski definition) is 4. The minimum absolute atomic E-state index is 0.0827. The maximum Gasteiger partial charge on any atom is 0.267 e. The van der Waals surface area contributed by atoms with Gasteiger partial charge in [0.25, 0.3) is 5.91 Å². The zero-order valence-electron chi connectivity index (χ0n) is 19.7. The third-order valence-corrected chi connectivity index (χ3v) is 6.59. The van der Waals surface area contributed by atoms with Crippen LogP contribution in [0.1, 0.15) is 34.5 Å². The van der Waals surface area contributed by atoms with Crippen molar-refractivity contribution in [2.75, 3.05) is 44.7 Å². The highest BCUT2D eigenvalue weighted by atomic mass is 16.5. The number of aromatic nitrogens is 1. The van der Waals surface area contributed by atoms with Crippen LogP contribution in [-0.2, 0) is 16.1 Å². The Morgan fingerprint density at radius 2 is 1.88 bits per heavy atom. The quantitative estimate of drug-likeness (QED) is 0.540. The highest BCUT2D eigenvalue weighted by Gasteiger charge is 2.29. The lowest BCUT2D eigenvalue weighted by Gasteiger charge is -2.26. The summed E-state index contributed by atoms with van der Waals surface area (Å²) in [4.78, 5) is 27.8. The van der Waals surface area contributed by atoms with E-state index in [1.807, 2.05) is 30.3 Å². The predicted molar refractivity (Wildman–Crippen MR) is 133 cm³/mol. The van der Waals surface area contributed by atoms with E-state index in [0.29, 0.717) is 18.8 Å². The lowest BCUT2D eigenvalue weighted by molar-refractivity contribution is -0.117. The van der Waals surface area contributed by atoms with E-state index < -0.39 is 0 Å². The number of aryl methyl sites for hydroxylation is 1. The van der Waals surface area contributed by atoms with Crippen LogP contribution in [0.3, 0.4) is 0 Å². The Kier molecular flexibility index (Phi) is 6.65. The number of carbonyl (C=O) groups is 2. The average molecular weight is 461 g/mol. The van der Waals surface area contributed by atoms with E-state index in [9.17, 15) is 9.59 Å². The Labute approximate surface area is 200 Å². The molecule has 5 rings (SSSR count). The SMILES string of the molecule is Cc1cccc(Cn2c(C(=O)NCCN3CCOCC3)cc3cc(NC(=O)C4CC4)ccc32)c1. The number of rotatable bonds is 8. The van der Waals surface area contributed by atoms with Gasteiger partial charge in [0.2, 0.25) is 5.91 Å². The molecule has 1 aromatic heterocycles. The summed E-state index contributed by atoms with van der Waals surface area (Å²) in [5, 5.41) is 7.06. The summed E-state index contributed by atoms with van der Waals surface area (Å²) in [7, 11) is 0. The van der Waals surface area contributed by atoms with E-state index in [4.69, 9.17) is 4.74 Å². The second-order valence-electron chi connectivity index (χ2n) is 9.35. The van der Waals surface area contributed by atoms with Gasteiger partial charge in [0, 0.05) is 55.2 Å². The van der Waals surface area contributed by atoms with E-state index in [2.05, 4.69) is 45.2 Å². The molecule has 2 aromatic carbocycles. The van der Waals surface area contributed by atoms with Crippen molar-refractivity contribution < 1.29 is 14.3 Å². The topological polar surface area (TPSA) is 75.6 Å². The lowest BCUT2D eigenvalue weighted by atomic mass is 10.1. The van der Waals surface area contributed by atoms with E-state index >= 15 is 0 Å². The Morgan fingerprint density at radius 3 is 2.65 bits per heavy atom. The standard InChI is InChI=1S/C27H32N4O3/c1-19-3-2-4-20(15-19)18-31-24-8-7-23(29-26(32)21-5-6-21)16-22(24)17-25(31)27(33)28-9-10-30-11-13-34-14-12-30/h2-4,7-8,15-17,21H,5-6,9-14,18H2,1H3,(H,28,33)(H,29,32). The van der Waals surface area contributed by atoms with Gasteiger partial charge in [0.1, 0.15) is 5.69 Å². The molecule has 0 radical (unpaired) electrons. The highest BCUT2D eigenvalue weighted by molar-refractivity contribution is 6.01. The molecule has 1 aliphatic heterocycles. The first-order valence-electron chi connectivity index (χ1n) is 12.1. The van der Waals surface area contributed by atoms with Crippen molar-refractivity contribution in [1.82, 2.24) is 14.8 Å². The molecule has 2 aliphatic rings. The number of benzene rings is 2. The van der Waals surface area contributed by atoms with Gasteiger partial charge in [-0.25, -0.2) is 0 Å². The fourth-order valence-corrected chi connectivity index (χ4v) is 4.53. The summed E-state index contributed by atoms with van der Waals surface area (Å²) >= 11 is 0. The van der Waals surface area contributed by atoms with Gasteiger partial charge < -0.3 is 19.9 Å². The fourth-order valence-electron chi connectivity index (χ4n) is 4.53. The first kappa shape index (κ1) is 22.6. The molecule has 1 saturated carbocycles. The maximum atomic E-state index is 13.2. The molecule has 0 spiro atoms. The number of nitrogens with one attached hydrogen (secondary N) is 2. The number of carbonyl (C=O) groups excluding carboxylic acids is 2. The Bertz CT molecular complexity index is 1190. The zero-order chi connectivity index (χ0) is 23.5. The second-order valence-corrected chi connectivity index (χ2v) is 9.35. The van der Waals surface area contributed by atoms with Crippen LogP contribution in [0.15, 0.2) is 48.5 Å². The zero-order valence-corrected chi connectivity index (χ0v) is 19.7. The molecule has 0 bridgehead atoms. The Morgan fingerprint density at radius 1 is 1.06 bits per heavy atom. The third-order valence-electron chi connectivity index (χ3n) is 6.59. The molecule has 34 heavy (non-hydrogen) atoms. The van der Waals surface area contributed by atoms with Crippen molar-refractivity contribution in [3.8, 4) is 0 Å². The summed E-state index contributed by atoms with van der Waals surface area (Å²) < 4.78 is 7.47. The summed E-state index contributed by atoms with van der Waals surface area (Å²) in [5.74, 6) is 0.148. The minimum Gasteiger partial charge on any atom is -0.379 e. The number of fused-ring (bicyclic) bond motifs is 1. The van der Waals surface area contributed by atoms with Crippen molar-refractivity contribution in [3.63, 3.8) is 0 Å². The number of anilines is 1. The molecule has 1 saturated heterocycles. The van der Waals surface area contributed by atoms with E-state index in [0.717, 1.165) is 67.8 Å². The largest absolute Gasteiger partial charge is 0.379 e. The highest BCUT2D eigenvalue weighted by Crippen LogP contribution is 2.31. The van der Waals surface area contributed by atoms with Crippen molar-refractivity contribution in [1.29, 1.82) is 0 Å². The molecule has 2 N–H and O–H groups in total. The molecule has 2 fully saturated rings. The third kappa shape index (κ3) is 5.32. The molecule has 178 valence electrons. The van der Waals surface area contributed by atoms with Gasteiger partial charge in [0.05, 0.1) is 13.2 Å². The summed E-state index contributed by atoms with van der Waals surface area (Å²) in [6.07, 6.45) is 1.94. The fraction of sp³-hybridized carbons (Fsp3) is 0.407. The number of ether oxygens (including phenoxy) is 1. The molecule has 2 amide bonds. The molecule has 2 heterocycles. The lowest BCUT2D eigenvalue weighted by Crippen LogP contribution is -2.41. The maximum absolute atomic E-state index is 13.2. The van der Waals surface area contributed by atoms with Crippen molar-refractivity contribution in [2.45, 2.75) is 26.3 Å². The van der Waals surface area contributed by atoms with Crippen molar-refractivity contribution in [3.05, 3.63) is 65.4 Å². The molecule has 0 atom stereocenters. The van der Waals surface area contributed by atoms with Gasteiger partial charge in [-0.1, -0.05) is 29.8 Å². The van der Waals surface area contributed by atoms with Gasteiger partial charge in [-0.05, 0) is 49.6 Å². The number of hydrogen-bond donors (Lipinski definition) is 2. The van der Waals surface area contributed by atoms with Crippen LogP contribution in [0.4, 0.5) is 5.69 Å². The van der Waals surface area contributed by atoms with Gasteiger partial charge in [-0.2, -0.15) is 0 Å². The van der Waals surface area contributed by atoms with Crippen LogP contribution >= 0.6 is 0 Å². The van der Waals surface area contributed by atoms with Crippen molar-refractivity contribution >= 4 is 28.4 Å². The monoisotopic (exact) mass is 460 g/mol. The van der Waals surface area contributed by atoms with Crippen LogP contribution in [0, 0.1) is 12.8 Å². The van der Waals surface area contributed by atoms with E-state index in [1.54, 1.807) is 0 Å². The van der Waals surface area contributed by atoms with Crippen molar-refractivity contribution in [2.24, 2.45) is 5.92 Å². The molecule has 3 aromatic rings. The molecule has 1 aliphatic carbocycles. The normalized spacial score (nSPS) is 16.5. The van der Waals surface area contributed by atoms with Gasteiger partial charge >= 0.3 is 0 Å². The molecule has 7 nitrogen and oxygen atoms in total. The summed E-state index contributed by atoms with van der Waals surface area (Å²) in [6.45, 7) is 7.38. The summed E-state index contributed by atoms with van der Waals surface area (Å²) in [6, 6.07) is 16.2. The smallest absolute Gasteiger partial charge is 0.267 e.